The van der Waals surface area contributed by atoms with Gasteiger partial charge in [0.15, 0.2) is 5.78 Å². The predicted octanol–water partition coefficient (Wildman–Crippen LogP) is -0.152. The van der Waals surface area contributed by atoms with E-state index in [4.69, 9.17) is 0 Å². The molecule has 1 aromatic heterocycles. The van der Waals surface area contributed by atoms with Gasteiger partial charge in [-0.05, 0) is 17.0 Å². The van der Waals surface area contributed by atoms with Gasteiger partial charge in [0, 0.05) is 12.2 Å². The van der Waals surface area contributed by atoms with Crippen LogP contribution in [0.15, 0.2) is 28.8 Å². The Labute approximate surface area is 134 Å². The molecule has 8 heteroatoms. The molecule has 2 atom stereocenters. The average Bonchev–Trinajstić information content (AvgIpc) is 3.04. The van der Waals surface area contributed by atoms with Crippen molar-refractivity contribution in [2.75, 3.05) is 12.4 Å². The number of hydrogen-bond acceptors (Lipinski definition) is 7. The molecule has 0 saturated carbocycles. The fraction of sp³-hybridized carbons (Fsp3) is 0.357. The number of carboxylic acids is 1. The van der Waals surface area contributed by atoms with Crippen LogP contribution in [0.25, 0.3) is 0 Å². The number of β-lactam (4-membered cyclic amide) rings is 1. The van der Waals surface area contributed by atoms with E-state index in [2.05, 4.69) is 0 Å². The van der Waals surface area contributed by atoms with Gasteiger partial charge in [-0.1, -0.05) is 6.07 Å². The molecule has 1 amide bonds. The lowest BCUT2D eigenvalue weighted by Crippen LogP contribution is -2.63. The van der Waals surface area contributed by atoms with Crippen molar-refractivity contribution < 1.29 is 24.6 Å². The summed E-state index contributed by atoms with van der Waals surface area (Å²) in [5, 5.41) is 21.9. The van der Waals surface area contributed by atoms with Crippen LogP contribution in [-0.4, -0.2) is 45.4 Å². The summed E-state index contributed by atoms with van der Waals surface area (Å²) in [5.74, 6) is -2.18. The summed E-state index contributed by atoms with van der Waals surface area (Å²) in [5.41, 5.74) is 0.0358. The van der Waals surface area contributed by atoms with Gasteiger partial charge in [-0.25, -0.2) is 0 Å². The van der Waals surface area contributed by atoms with E-state index in [1.165, 1.54) is 23.1 Å². The summed E-state index contributed by atoms with van der Waals surface area (Å²) >= 11 is 2.69. The van der Waals surface area contributed by atoms with E-state index >= 15 is 0 Å². The molecular formula is C14H12NO5S2-. The minimum atomic E-state index is -1.47. The standard InChI is InChI=1S/C14H13NO5S2/c16-5-7-6-22-13-8(4-9(17)10-2-1-3-21-10)12(18)15(13)11(7)14(19)20/h1-3,8,13,16H,4-6H2,(H,19,20)/p-1. The number of aliphatic carboxylic acids is 1. The molecule has 1 N–H and O–H groups in total. The highest BCUT2D eigenvalue weighted by atomic mass is 32.2. The zero-order valence-electron chi connectivity index (χ0n) is 11.4. The Balaban J connectivity index is 1.78. The molecule has 2 aliphatic heterocycles. The van der Waals surface area contributed by atoms with Crippen LogP contribution in [-0.2, 0) is 9.59 Å². The van der Waals surface area contributed by atoms with Gasteiger partial charge in [0.2, 0.25) is 5.91 Å². The first-order chi connectivity index (χ1) is 10.5. The normalized spacial score (nSPS) is 24.0. The molecule has 0 aliphatic carbocycles. The summed E-state index contributed by atoms with van der Waals surface area (Å²) < 4.78 is 0. The van der Waals surface area contributed by atoms with Crippen molar-refractivity contribution in [3.8, 4) is 0 Å². The number of carboxylic acid groups (broad SMARTS) is 1. The van der Waals surface area contributed by atoms with Crippen LogP contribution in [0.4, 0.5) is 0 Å². The molecule has 0 aromatic carbocycles. The number of fused-ring (bicyclic) bond motifs is 1. The Kier molecular flexibility index (Phi) is 4.07. The number of thiophene rings is 1. The van der Waals surface area contributed by atoms with Crippen molar-refractivity contribution in [2.24, 2.45) is 5.92 Å². The summed E-state index contributed by atoms with van der Waals surface area (Å²) in [6.07, 6.45) is 0.0717. The number of nitrogens with zero attached hydrogens (tertiary/aromatic N) is 1. The van der Waals surface area contributed by atoms with Crippen LogP contribution in [0.5, 0.6) is 0 Å². The third-order valence-corrected chi connectivity index (χ3v) is 6.05. The van der Waals surface area contributed by atoms with E-state index in [0.29, 0.717) is 10.6 Å². The maximum Gasteiger partial charge on any atom is 0.234 e. The molecule has 1 saturated heterocycles. The zero-order chi connectivity index (χ0) is 15.9. The van der Waals surface area contributed by atoms with Crippen molar-refractivity contribution >= 4 is 40.8 Å². The molecular weight excluding hydrogens is 326 g/mol. The van der Waals surface area contributed by atoms with Crippen molar-refractivity contribution in [2.45, 2.75) is 11.8 Å². The third kappa shape index (κ3) is 2.37. The molecule has 0 radical (unpaired) electrons. The Bertz CT molecular complexity index is 667. The number of rotatable bonds is 5. The first kappa shape index (κ1) is 15.3. The van der Waals surface area contributed by atoms with Gasteiger partial charge in [0.25, 0.3) is 0 Å². The second-order valence-electron chi connectivity index (χ2n) is 5.02. The summed E-state index contributed by atoms with van der Waals surface area (Å²) in [7, 11) is 0. The Morgan fingerprint density at radius 1 is 1.45 bits per heavy atom. The molecule has 22 heavy (non-hydrogen) atoms. The molecule has 3 heterocycles. The minimum Gasteiger partial charge on any atom is -0.543 e. The van der Waals surface area contributed by atoms with Crippen LogP contribution < -0.4 is 5.11 Å². The molecule has 0 spiro atoms. The number of carbonyl (C=O) groups excluding carboxylic acids is 3. The van der Waals surface area contributed by atoms with Crippen molar-refractivity contribution in [1.29, 1.82) is 0 Å². The number of hydrogen-bond donors (Lipinski definition) is 1. The molecule has 6 nitrogen and oxygen atoms in total. The Morgan fingerprint density at radius 2 is 2.23 bits per heavy atom. The van der Waals surface area contributed by atoms with E-state index in [-0.39, 0.29) is 28.8 Å². The van der Waals surface area contributed by atoms with Crippen LogP contribution >= 0.6 is 23.1 Å². The largest absolute Gasteiger partial charge is 0.543 e. The predicted molar refractivity (Wildman–Crippen MR) is 79.0 cm³/mol. The summed E-state index contributed by atoms with van der Waals surface area (Å²) in [6.45, 7) is -0.425. The molecule has 0 bridgehead atoms. The lowest BCUT2D eigenvalue weighted by atomic mass is 9.90. The second-order valence-corrected chi connectivity index (χ2v) is 7.07. The number of Topliss-reactive ketones (excluding diaryl/α,β-unsaturated/α-hetero) is 1. The number of carbonyl (C=O) groups is 3. The van der Waals surface area contributed by atoms with Gasteiger partial charge in [-0.15, -0.1) is 23.1 Å². The maximum absolute atomic E-state index is 12.2. The van der Waals surface area contributed by atoms with Gasteiger partial charge in [0.1, 0.15) is 0 Å². The molecule has 1 aromatic rings. The smallest absolute Gasteiger partial charge is 0.234 e. The lowest BCUT2D eigenvalue weighted by molar-refractivity contribution is -0.301. The SMILES string of the molecule is O=C([O-])C1=C(CO)CSC2C(CC(=O)c3cccs3)C(=O)N12. The fourth-order valence-corrected chi connectivity index (χ4v) is 4.74. The highest BCUT2D eigenvalue weighted by molar-refractivity contribution is 8.00. The Hall–Kier alpha value is -1.64. The maximum atomic E-state index is 12.2. The third-order valence-electron chi connectivity index (χ3n) is 3.74. The minimum absolute atomic E-state index is 0.0717. The monoisotopic (exact) mass is 338 g/mol. The summed E-state index contributed by atoms with van der Waals surface area (Å²) in [4.78, 5) is 37.3. The second kappa shape index (κ2) is 5.86. The van der Waals surface area contributed by atoms with Crippen LogP contribution in [0.1, 0.15) is 16.1 Å². The number of ketones is 1. The van der Waals surface area contributed by atoms with Crippen molar-refractivity contribution in [3.05, 3.63) is 33.7 Å². The van der Waals surface area contributed by atoms with Crippen molar-refractivity contribution in [1.82, 2.24) is 4.90 Å². The van der Waals surface area contributed by atoms with Gasteiger partial charge in [-0.2, -0.15) is 0 Å². The molecule has 2 unspecified atom stereocenters. The number of aliphatic hydroxyl groups is 1. The van der Waals surface area contributed by atoms with Gasteiger partial charge in [-0.3, -0.25) is 14.5 Å². The molecule has 2 aliphatic rings. The quantitative estimate of drug-likeness (QED) is 0.592. The van der Waals surface area contributed by atoms with E-state index in [0.717, 1.165) is 4.90 Å². The summed E-state index contributed by atoms with van der Waals surface area (Å²) in [6, 6.07) is 3.48. The van der Waals surface area contributed by atoms with Crippen LogP contribution in [0, 0.1) is 5.92 Å². The number of amides is 1. The average molecular weight is 338 g/mol. The highest BCUT2D eigenvalue weighted by Gasteiger charge is 2.52. The highest BCUT2D eigenvalue weighted by Crippen LogP contribution is 2.45. The van der Waals surface area contributed by atoms with Gasteiger partial charge in [0.05, 0.1) is 34.4 Å². The number of aliphatic hydroxyl groups excluding tert-OH is 1. The van der Waals surface area contributed by atoms with E-state index in [1.807, 2.05) is 0 Å². The zero-order valence-corrected chi connectivity index (χ0v) is 13.0. The van der Waals surface area contributed by atoms with E-state index in [1.54, 1.807) is 17.5 Å². The lowest BCUT2D eigenvalue weighted by Gasteiger charge is -2.50. The topological polar surface area (TPSA) is 97.7 Å². The van der Waals surface area contributed by atoms with E-state index in [9.17, 15) is 24.6 Å². The number of thioether (sulfide) groups is 1. The molecule has 116 valence electrons. The van der Waals surface area contributed by atoms with E-state index < -0.39 is 24.4 Å². The Morgan fingerprint density at radius 3 is 2.82 bits per heavy atom. The van der Waals surface area contributed by atoms with Gasteiger partial charge < -0.3 is 15.0 Å². The van der Waals surface area contributed by atoms with Crippen LogP contribution in [0.2, 0.25) is 0 Å². The first-order valence-corrected chi connectivity index (χ1v) is 8.53. The first-order valence-electron chi connectivity index (χ1n) is 6.60. The molecule has 3 rings (SSSR count). The van der Waals surface area contributed by atoms with Crippen molar-refractivity contribution in [3.63, 3.8) is 0 Å². The van der Waals surface area contributed by atoms with Gasteiger partial charge >= 0.3 is 0 Å². The molecule has 1 fully saturated rings. The fourth-order valence-electron chi connectivity index (χ4n) is 2.67. The van der Waals surface area contributed by atoms with Crippen LogP contribution in [0.3, 0.4) is 0 Å².